The van der Waals surface area contributed by atoms with Crippen molar-refractivity contribution in [1.29, 1.82) is 0 Å². The Hall–Kier alpha value is -1.30. The first-order chi connectivity index (χ1) is 9.69. The van der Waals surface area contributed by atoms with Gasteiger partial charge in [0.2, 0.25) is 5.91 Å². The van der Waals surface area contributed by atoms with Gasteiger partial charge < -0.3 is 19.9 Å². The molecule has 1 N–H and O–H groups in total. The fourth-order valence-corrected chi connectivity index (χ4v) is 3.38. The van der Waals surface area contributed by atoms with E-state index in [9.17, 15) is 9.59 Å². The minimum atomic E-state index is -0.0876. The highest BCUT2D eigenvalue weighted by molar-refractivity contribution is 5.84. The van der Waals surface area contributed by atoms with Crippen molar-refractivity contribution in [2.75, 3.05) is 45.9 Å². The van der Waals surface area contributed by atoms with E-state index in [1.54, 1.807) is 4.90 Å². The van der Waals surface area contributed by atoms with Crippen molar-refractivity contribution in [2.45, 2.75) is 25.7 Å². The van der Waals surface area contributed by atoms with Crippen LogP contribution in [0.1, 0.15) is 25.7 Å². The van der Waals surface area contributed by atoms with Gasteiger partial charge in [0, 0.05) is 26.2 Å². The number of hydrogen-bond donors (Lipinski definition) is 1. The number of likely N-dealkylation sites (tertiary alicyclic amines) is 1. The van der Waals surface area contributed by atoms with E-state index in [1.165, 1.54) is 19.3 Å². The third-order valence-electron chi connectivity index (χ3n) is 4.89. The summed E-state index contributed by atoms with van der Waals surface area (Å²) in [6.45, 7) is 4.23. The molecule has 6 heteroatoms. The highest BCUT2D eigenvalue weighted by atomic mass is 16.5. The molecule has 0 aromatic rings. The maximum atomic E-state index is 12.1. The van der Waals surface area contributed by atoms with Gasteiger partial charge in [-0.25, -0.2) is 4.79 Å². The number of rotatable bonds is 2. The topological polar surface area (TPSA) is 61.9 Å². The molecule has 0 aromatic carbocycles. The van der Waals surface area contributed by atoms with Crippen LogP contribution in [0.4, 0.5) is 4.79 Å². The molecule has 0 unspecified atom stereocenters. The van der Waals surface area contributed by atoms with E-state index in [2.05, 4.69) is 5.32 Å². The molecule has 0 aromatic heterocycles. The summed E-state index contributed by atoms with van der Waals surface area (Å²) in [5, 5.41) is 2.76. The van der Waals surface area contributed by atoms with Crippen LogP contribution < -0.4 is 5.32 Å². The zero-order valence-electron chi connectivity index (χ0n) is 11.9. The third-order valence-corrected chi connectivity index (χ3v) is 4.89. The Kier molecular flexibility index (Phi) is 3.83. The van der Waals surface area contributed by atoms with Gasteiger partial charge in [0.1, 0.15) is 0 Å². The molecule has 2 aliphatic heterocycles. The number of carbonyl (C=O) groups excluding carboxylic acids is 2. The Bertz CT molecular complexity index is 389. The maximum absolute atomic E-state index is 12.1. The van der Waals surface area contributed by atoms with Gasteiger partial charge in [-0.1, -0.05) is 6.42 Å². The van der Waals surface area contributed by atoms with Crippen molar-refractivity contribution >= 4 is 11.9 Å². The molecule has 2 heterocycles. The van der Waals surface area contributed by atoms with E-state index in [4.69, 9.17) is 4.74 Å². The molecule has 3 fully saturated rings. The van der Waals surface area contributed by atoms with Crippen molar-refractivity contribution in [2.24, 2.45) is 5.41 Å². The number of nitrogens with one attached hydrogen (secondary N) is 1. The van der Waals surface area contributed by atoms with Crippen LogP contribution in [0.3, 0.4) is 0 Å². The fourth-order valence-electron chi connectivity index (χ4n) is 3.38. The number of urea groups is 1. The number of nitrogens with zero attached hydrogens (tertiary/aromatic N) is 2. The summed E-state index contributed by atoms with van der Waals surface area (Å²) in [6, 6.07) is -0.0876. The van der Waals surface area contributed by atoms with Gasteiger partial charge in [-0.05, 0) is 24.7 Å². The number of amides is 3. The van der Waals surface area contributed by atoms with E-state index in [0.717, 1.165) is 19.5 Å². The van der Waals surface area contributed by atoms with Crippen molar-refractivity contribution in [3.63, 3.8) is 0 Å². The molecule has 112 valence electrons. The molecule has 3 aliphatic rings. The molecule has 20 heavy (non-hydrogen) atoms. The van der Waals surface area contributed by atoms with E-state index in [-0.39, 0.29) is 18.5 Å². The van der Waals surface area contributed by atoms with Crippen LogP contribution in [-0.4, -0.2) is 67.7 Å². The maximum Gasteiger partial charge on any atom is 0.317 e. The van der Waals surface area contributed by atoms with Gasteiger partial charge >= 0.3 is 6.03 Å². The van der Waals surface area contributed by atoms with E-state index in [1.807, 2.05) is 4.90 Å². The molecule has 0 atom stereocenters. The van der Waals surface area contributed by atoms with E-state index >= 15 is 0 Å². The highest BCUT2D eigenvalue weighted by Crippen LogP contribution is 2.47. The second-order valence-electron chi connectivity index (χ2n) is 6.18. The lowest BCUT2D eigenvalue weighted by Gasteiger charge is -2.37. The fraction of sp³-hybridized carbons (Fsp3) is 0.857. The first-order valence-electron chi connectivity index (χ1n) is 7.57. The lowest BCUT2D eigenvalue weighted by Crippen LogP contribution is -2.48. The second kappa shape index (κ2) is 5.60. The first-order valence-corrected chi connectivity index (χ1v) is 7.57. The van der Waals surface area contributed by atoms with Crippen LogP contribution >= 0.6 is 0 Å². The first kappa shape index (κ1) is 13.7. The van der Waals surface area contributed by atoms with Gasteiger partial charge in [0.05, 0.1) is 19.8 Å². The van der Waals surface area contributed by atoms with Crippen molar-refractivity contribution < 1.29 is 14.3 Å². The van der Waals surface area contributed by atoms with Crippen LogP contribution in [0, 0.1) is 5.41 Å². The molecule has 0 radical (unpaired) electrons. The number of ether oxygens (including phenoxy) is 1. The SMILES string of the molecule is O=C(CNC(=O)N1CCC2(CCC2)C1)N1CCOCC1. The van der Waals surface area contributed by atoms with Gasteiger partial charge in [0.15, 0.2) is 0 Å². The minimum Gasteiger partial charge on any atom is -0.378 e. The summed E-state index contributed by atoms with van der Waals surface area (Å²) in [6.07, 6.45) is 4.93. The number of morpholine rings is 1. The number of hydrogen-bond acceptors (Lipinski definition) is 3. The molecule has 1 saturated carbocycles. The average Bonchev–Trinajstić information content (AvgIpc) is 2.91. The van der Waals surface area contributed by atoms with Crippen molar-refractivity contribution in [3.05, 3.63) is 0 Å². The smallest absolute Gasteiger partial charge is 0.317 e. The van der Waals surface area contributed by atoms with Crippen LogP contribution in [0.25, 0.3) is 0 Å². The molecule has 0 bridgehead atoms. The van der Waals surface area contributed by atoms with Crippen LogP contribution in [0.2, 0.25) is 0 Å². The molecule has 3 amide bonds. The molecular weight excluding hydrogens is 258 g/mol. The minimum absolute atomic E-state index is 0.0146. The quantitative estimate of drug-likeness (QED) is 0.798. The molecule has 1 aliphatic carbocycles. The molecule has 3 rings (SSSR count). The zero-order valence-corrected chi connectivity index (χ0v) is 11.9. The second-order valence-corrected chi connectivity index (χ2v) is 6.18. The average molecular weight is 281 g/mol. The lowest BCUT2D eigenvalue weighted by atomic mass is 9.68. The van der Waals surface area contributed by atoms with Gasteiger partial charge in [-0.15, -0.1) is 0 Å². The van der Waals surface area contributed by atoms with Crippen LogP contribution in [-0.2, 0) is 9.53 Å². The van der Waals surface area contributed by atoms with Gasteiger partial charge in [0.25, 0.3) is 0 Å². The molecular formula is C14H23N3O3. The van der Waals surface area contributed by atoms with E-state index < -0.39 is 0 Å². The van der Waals surface area contributed by atoms with Crippen molar-refractivity contribution in [1.82, 2.24) is 15.1 Å². The summed E-state index contributed by atoms with van der Waals surface area (Å²) < 4.78 is 5.21. The summed E-state index contributed by atoms with van der Waals surface area (Å²) in [5.41, 5.74) is 0.408. The molecule has 1 spiro atoms. The van der Waals surface area contributed by atoms with Gasteiger partial charge in [-0.3, -0.25) is 4.79 Å². The summed E-state index contributed by atoms with van der Waals surface area (Å²) >= 11 is 0. The normalized spacial score (nSPS) is 24.6. The highest BCUT2D eigenvalue weighted by Gasteiger charge is 2.44. The van der Waals surface area contributed by atoms with Crippen molar-refractivity contribution in [3.8, 4) is 0 Å². The zero-order chi connectivity index (χ0) is 14.0. The summed E-state index contributed by atoms with van der Waals surface area (Å²) in [4.78, 5) is 27.6. The van der Waals surface area contributed by atoms with Gasteiger partial charge in [-0.2, -0.15) is 0 Å². The van der Waals surface area contributed by atoms with Crippen LogP contribution in [0.15, 0.2) is 0 Å². The number of carbonyl (C=O) groups is 2. The third kappa shape index (κ3) is 2.75. The summed E-state index contributed by atoms with van der Waals surface area (Å²) in [5.74, 6) is -0.0146. The largest absolute Gasteiger partial charge is 0.378 e. The Morgan fingerprint density at radius 1 is 1.05 bits per heavy atom. The summed E-state index contributed by atoms with van der Waals surface area (Å²) in [7, 11) is 0. The lowest BCUT2D eigenvalue weighted by molar-refractivity contribution is -0.134. The van der Waals surface area contributed by atoms with E-state index in [0.29, 0.717) is 31.7 Å². The Labute approximate surface area is 119 Å². The standard InChI is InChI=1S/C14H23N3O3/c18-12(16-6-8-20-9-7-16)10-15-13(19)17-5-4-14(11-17)2-1-3-14/h1-11H2,(H,15,19). The predicted molar refractivity (Wildman–Crippen MR) is 73.3 cm³/mol. The molecule has 2 saturated heterocycles. The van der Waals surface area contributed by atoms with Crippen LogP contribution in [0.5, 0.6) is 0 Å². The predicted octanol–water partition coefficient (Wildman–Crippen LogP) is 0.431. The Morgan fingerprint density at radius 3 is 2.40 bits per heavy atom. The monoisotopic (exact) mass is 281 g/mol. The molecule has 6 nitrogen and oxygen atoms in total. The Balaban J connectivity index is 1.41. The Morgan fingerprint density at radius 2 is 1.80 bits per heavy atom.